The van der Waals surface area contributed by atoms with Crippen LogP contribution < -0.4 is 5.32 Å². The first-order valence-electron chi connectivity index (χ1n) is 6.50. The van der Waals surface area contributed by atoms with E-state index in [-0.39, 0.29) is 12.1 Å². The predicted molar refractivity (Wildman–Crippen MR) is 75.6 cm³/mol. The van der Waals surface area contributed by atoms with E-state index in [2.05, 4.69) is 5.32 Å². The number of carbonyl (C=O) groups is 1. The number of alkyl halides is 3. The van der Waals surface area contributed by atoms with E-state index in [1.807, 2.05) is 0 Å². The number of benzene rings is 1. The van der Waals surface area contributed by atoms with Gasteiger partial charge in [-0.1, -0.05) is 12.1 Å². The fourth-order valence-corrected chi connectivity index (χ4v) is 1.76. The lowest BCUT2D eigenvalue weighted by molar-refractivity contribution is -0.137. The van der Waals surface area contributed by atoms with Gasteiger partial charge in [-0.25, -0.2) is 0 Å². The maximum absolute atomic E-state index is 12.5. The summed E-state index contributed by atoms with van der Waals surface area (Å²) >= 11 is 0. The maximum Gasteiger partial charge on any atom is 0.416 e. The van der Waals surface area contributed by atoms with E-state index in [0.29, 0.717) is 11.3 Å². The van der Waals surface area contributed by atoms with Gasteiger partial charge in [-0.15, -0.1) is 0 Å². The van der Waals surface area contributed by atoms with Gasteiger partial charge >= 0.3 is 6.18 Å². The maximum atomic E-state index is 12.5. The first-order valence-corrected chi connectivity index (χ1v) is 6.50. The van der Waals surface area contributed by atoms with Crippen LogP contribution >= 0.6 is 0 Å². The molecular weight excluding hydrogens is 309 g/mol. The Hall–Kier alpha value is -3.01. The number of halogens is 3. The Labute approximate surface area is 129 Å². The van der Waals surface area contributed by atoms with Crippen molar-refractivity contribution >= 4 is 12.0 Å². The summed E-state index contributed by atoms with van der Waals surface area (Å²) in [7, 11) is 0. The van der Waals surface area contributed by atoms with Crippen molar-refractivity contribution in [3.63, 3.8) is 0 Å². The molecule has 0 saturated carbocycles. The van der Waals surface area contributed by atoms with Crippen molar-refractivity contribution in [1.82, 2.24) is 5.32 Å². The van der Waals surface area contributed by atoms with E-state index in [1.54, 1.807) is 18.2 Å². The molecule has 4 nitrogen and oxygen atoms in total. The highest BCUT2D eigenvalue weighted by molar-refractivity contribution is 6.01. The SMILES string of the molecule is N#C/C(=C\c1ccc(C(F)(F)F)cc1)C(=O)NCc1ccco1. The number of rotatable bonds is 4. The summed E-state index contributed by atoms with van der Waals surface area (Å²) < 4.78 is 42.4. The van der Waals surface area contributed by atoms with Crippen LogP contribution in [0, 0.1) is 11.3 Å². The van der Waals surface area contributed by atoms with E-state index in [9.17, 15) is 18.0 Å². The zero-order chi connectivity index (χ0) is 16.9. The van der Waals surface area contributed by atoms with Crippen LogP contribution in [-0.2, 0) is 17.5 Å². The van der Waals surface area contributed by atoms with Crippen LogP contribution in [0.25, 0.3) is 6.08 Å². The van der Waals surface area contributed by atoms with Gasteiger partial charge in [0.1, 0.15) is 17.4 Å². The Bertz CT molecular complexity index is 739. The molecule has 0 aliphatic rings. The number of nitrogens with zero attached hydrogens (tertiary/aromatic N) is 1. The van der Waals surface area contributed by atoms with Gasteiger partial charge in [-0.3, -0.25) is 4.79 Å². The molecule has 1 N–H and O–H groups in total. The topological polar surface area (TPSA) is 66.0 Å². The lowest BCUT2D eigenvalue weighted by Crippen LogP contribution is -2.23. The molecule has 0 spiro atoms. The van der Waals surface area contributed by atoms with Crippen molar-refractivity contribution in [3.8, 4) is 6.07 Å². The summed E-state index contributed by atoms with van der Waals surface area (Å²) in [5, 5.41) is 11.5. The Balaban J connectivity index is 2.08. The average molecular weight is 320 g/mol. The Morgan fingerprint density at radius 3 is 2.48 bits per heavy atom. The number of hydrogen-bond donors (Lipinski definition) is 1. The lowest BCUT2D eigenvalue weighted by atomic mass is 10.1. The Kier molecular flexibility index (Phi) is 4.86. The molecule has 0 aliphatic heterocycles. The van der Waals surface area contributed by atoms with Crippen LogP contribution in [0.5, 0.6) is 0 Å². The molecule has 2 aromatic rings. The molecule has 0 unspecified atom stereocenters. The molecule has 2 rings (SSSR count). The molecule has 1 amide bonds. The van der Waals surface area contributed by atoms with E-state index < -0.39 is 17.6 Å². The van der Waals surface area contributed by atoms with Crippen molar-refractivity contribution in [1.29, 1.82) is 5.26 Å². The highest BCUT2D eigenvalue weighted by atomic mass is 19.4. The Morgan fingerprint density at radius 1 is 1.26 bits per heavy atom. The van der Waals surface area contributed by atoms with Crippen LogP contribution in [0.15, 0.2) is 52.7 Å². The summed E-state index contributed by atoms with van der Waals surface area (Å²) in [4.78, 5) is 11.9. The molecule has 0 fully saturated rings. The minimum atomic E-state index is -4.43. The normalized spacial score (nSPS) is 11.8. The average Bonchev–Trinajstić information content (AvgIpc) is 3.03. The Morgan fingerprint density at radius 2 is 1.96 bits per heavy atom. The number of furan rings is 1. The molecule has 0 bridgehead atoms. The second-order valence-corrected chi connectivity index (χ2v) is 4.55. The highest BCUT2D eigenvalue weighted by Gasteiger charge is 2.29. The van der Waals surface area contributed by atoms with Gasteiger partial charge in [0.15, 0.2) is 0 Å². The molecule has 0 radical (unpaired) electrons. The number of nitrogens with one attached hydrogen (secondary N) is 1. The molecule has 0 atom stereocenters. The predicted octanol–water partition coefficient (Wildman–Crippen LogP) is 3.52. The van der Waals surface area contributed by atoms with Gasteiger partial charge in [0.25, 0.3) is 5.91 Å². The third kappa shape index (κ3) is 4.48. The monoisotopic (exact) mass is 320 g/mol. The minimum absolute atomic E-state index is 0.109. The van der Waals surface area contributed by atoms with Gasteiger partial charge in [0.2, 0.25) is 0 Å². The van der Waals surface area contributed by atoms with Crippen molar-refractivity contribution in [3.05, 3.63) is 65.1 Å². The van der Waals surface area contributed by atoms with Crippen LogP contribution in [0.4, 0.5) is 13.2 Å². The number of amides is 1. The lowest BCUT2D eigenvalue weighted by Gasteiger charge is -2.06. The fraction of sp³-hybridized carbons (Fsp3) is 0.125. The third-order valence-electron chi connectivity index (χ3n) is 2.92. The summed E-state index contributed by atoms with van der Waals surface area (Å²) in [6.07, 6.45) is -1.76. The van der Waals surface area contributed by atoms with E-state index in [4.69, 9.17) is 9.68 Å². The smallest absolute Gasteiger partial charge is 0.416 e. The van der Waals surface area contributed by atoms with Gasteiger partial charge < -0.3 is 9.73 Å². The van der Waals surface area contributed by atoms with Gasteiger partial charge in [0.05, 0.1) is 18.4 Å². The standard InChI is InChI=1S/C16H11F3N2O2/c17-16(18,19)13-5-3-11(4-6-13)8-12(9-20)15(22)21-10-14-2-1-7-23-14/h1-8H,10H2,(H,21,22)/b12-8+. The second-order valence-electron chi connectivity index (χ2n) is 4.55. The van der Waals surface area contributed by atoms with Crippen molar-refractivity contribution in [2.24, 2.45) is 0 Å². The second kappa shape index (κ2) is 6.83. The first-order chi connectivity index (χ1) is 10.9. The largest absolute Gasteiger partial charge is 0.467 e. The fourth-order valence-electron chi connectivity index (χ4n) is 1.76. The molecule has 1 heterocycles. The molecule has 7 heteroatoms. The molecular formula is C16H11F3N2O2. The van der Waals surface area contributed by atoms with Gasteiger partial charge in [0, 0.05) is 0 Å². The van der Waals surface area contributed by atoms with E-state index >= 15 is 0 Å². The molecule has 1 aromatic carbocycles. The van der Waals surface area contributed by atoms with E-state index in [1.165, 1.54) is 24.5 Å². The first kappa shape index (κ1) is 16.4. The summed E-state index contributed by atoms with van der Waals surface area (Å²) in [6.45, 7) is 0.109. The van der Waals surface area contributed by atoms with Crippen LogP contribution in [0.1, 0.15) is 16.9 Å². The molecule has 118 valence electrons. The highest BCUT2D eigenvalue weighted by Crippen LogP contribution is 2.29. The molecule has 1 aromatic heterocycles. The number of hydrogen-bond acceptors (Lipinski definition) is 3. The van der Waals surface area contributed by atoms with Crippen LogP contribution in [0.3, 0.4) is 0 Å². The molecule has 0 aliphatic carbocycles. The van der Waals surface area contributed by atoms with Gasteiger partial charge in [-0.05, 0) is 35.9 Å². The number of carbonyl (C=O) groups excluding carboxylic acids is 1. The quantitative estimate of drug-likeness (QED) is 0.692. The van der Waals surface area contributed by atoms with Crippen LogP contribution in [0.2, 0.25) is 0 Å². The molecule has 23 heavy (non-hydrogen) atoms. The van der Waals surface area contributed by atoms with Crippen molar-refractivity contribution < 1.29 is 22.4 Å². The minimum Gasteiger partial charge on any atom is -0.467 e. The summed E-state index contributed by atoms with van der Waals surface area (Å²) in [5.41, 5.74) is -0.686. The number of nitriles is 1. The zero-order valence-corrected chi connectivity index (χ0v) is 11.7. The summed E-state index contributed by atoms with van der Waals surface area (Å²) in [5.74, 6) is -0.117. The molecule has 0 saturated heterocycles. The third-order valence-corrected chi connectivity index (χ3v) is 2.92. The summed E-state index contributed by atoms with van der Waals surface area (Å²) in [6, 6.07) is 9.21. The van der Waals surface area contributed by atoms with Crippen molar-refractivity contribution in [2.45, 2.75) is 12.7 Å². The van der Waals surface area contributed by atoms with Gasteiger partial charge in [-0.2, -0.15) is 18.4 Å². The van der Waals surface area contributed by atoms with E-state index in [0.717, 1.165) is 12.1 Å². The zero-order valence-electron chi connectivity index (χ0n) is 11.7. The van der Waals surface area contributed by atoms with Crippen LogP contribution in [-0.4, -0.2) is 5.91 Å². The van der Waals surface area contributed by atoms with Crippen molar-refractivity contribution in [2.75, 3.05) is 0 Å².